The number of nitrogens with one attached hydrogen (secondary N) is 3. The van der Waals surface area contributed by atoms with Gasteiger partial charge in [-0.25, -0.2) is 17.9 Å². The molecule has 190 valence electrons. The Bertz CT molecular complexity index is 1460. The number of carbonyl (C=O) groups is 1. The van der Waals surface area contributed by atoms with Gasteiger partial charge >= 0.3 is 6.03 Å². The van der Waals surface area contributed by atoms with Gasteiger partial charge in [0.25, 0.3) is 15.6 Å². The molecule has 1 aliphatic heterocycles. The monoisotopic (exact) mass is 527 g/mol. The molecular weight excluding hydrogens is 498 g/mol. The quantitative estimate of drug-likeness (QED) is 0.409. The lowest BCUT2D eigenvalue weighted by molar-refractivity contribution is 0.256. The highest BCUT2D eigenvalue weighted by atomic mass is 32.3. The molecule has 1 aromatic heterocycles. The third-order valence-corrected chi connectivity index (χ3v) is 8.71. The number of allylic oxidation sites excluding steroid dienone is 1. The van der Waals surface area contributed by atoms with Crippen molar-refractivity contribution in [3.63, 3.8) is 0 Å². The van der Waals surface area contributed by atoms with Gasteiger partial charge in [0.2, 0.25) is 0 Å². The number of anilines is 2. The van der Waals surface area contributed by atoms with Crippen LogP contribution in [0.3, 0.4) is 0 Å². The topological polar surface area (TPSA) is 113 Å². The number of pyridine rings is 1. The minimum absolute atomic E-state index is 0.159. The van der Waals surface area contributed by atoms with Gasteiger partial charge in [-0.3, -0.25) is 9.36 Å². The van der Waals surface area contributed by atoms with Gasteiger partial charge < -0.3 is 15.5 Å². The molecule has 0 radical (unpaired) electrons. The number of fused-ring (bicyclic) bond motifs is 1. The molecule has 2 aromatic carbocycles. The molecule has 2 amide bonds. The van der Waals surface area contributed by atoms with E-state index in [1.165, 1.54) is 16.3 Å². The molecule has 0 saturated carbocycles. The summed E-state index contributed by atoms with van der Waals surface area (Å²) in [6.07, 6.45) is 3.97. The predicted octanol–water partition coefficient (Wildman–Crippen LogP) is 3.78. The molecule has 0 saturated heterocycles. The van der Waals surface area contributed by atoms with Crippen LogP contribution < -0.4 is 20.9 Å². The highest BCUT2D eigenvalue weighted by Crippen LogP contribution is 2.34. The molecule has 1 unspecified atom stereocenters. The standard InChI is InChI=1S/C25H29N5O4S2/c1-17-4-11-23(35-17)36(33,34)28-25(32)27-19-5-8-21(9-6-19)30-14-12-18-16-20(26-13-15-29(2)3)7-10-22(18)24(30)31/h5-12,14,16-17,26H,4,13,15H2,1-3H3,(H2,27,28,32). The van der Waals surface area contributed by atoms with E-state index >= 15 is 0 Å². The summed E-state index contributed by atoms with van der Waals surface area (Å²) in [4.78, 5) is 27.4. The summed E-state index contributed by atoms with van der Waals surface area (Å²) < 4.78 is 28.4. The van der Waals surface area contributed by atoms with Crippen LogP contribution in [0.15, 0.2) is 69.8 Å². The molecular formula is C25H29N5O4S2. The number of amides is 2. The maximum absolute atomic E-state index is 13.1. The van der Waals surface area contributed by atoms with E-state index in [0.29, 0.717) is 23.2 Å². The number of sulfonamides is 1. The molecule has 2 heterocycles. The number of urea groups is 1. The Morgan fingerprint density at radius 3 is 2.50 bits per heavy atom. The van der Waals surface area contributed by atoms with Crippen molar-refractivity contribution in [1.82, 2.24) is 14.2 Å². The molecule has 3 N–H and O–H groups in total. The van der Waals surface area contributed by atoms with E-state index in [2.05, 4.69) is 15.5 Å². The first-order valence-electron chi connectivity index (χ1n) is 11.5. The van der Waals surface area contributed by atoms with E-state index in [4.69, 9.17) is 0 Å². The molecule has 0 bridgehead atoms. The lowest BCUT2D eigenvalue weighted by Gasteiger charge is -2.13. The summed E-state index contributed by atoms with van der Waals surface area (Å²) in [7, 11) is 0.138. The number of hydrogen-bond acceptors (Lipinski definition) is 7. The van der Waals surface area contributed by atoms with E-state index < -0.39 is 16.1 Å². The van der Waals surface area contributed by atoms with Gasteiger partial charge in [-0.1, -0.05) is 13.0 Å². The first-order chi connectivity index (χ1) is 17.1. The van der Waals surface area contributed by atoms with Crippen LogP contribution >= 0.6 is 11.8 Å². The van der Waals surface area contributed by atoms with Crippen molar-refractivity contribution < 1.29 is 13.2 Å². The number of carbonyl (C=O) groups excluding carboxylic acids is 1. The SMILES string of the molecule is CC1CC=C(S(=O)(=O)NC(=O)Nc2ccc(-n3ccc4cc(NCCN(C)C)ccc4c3=O)cc2)S1. The third-order valence-electron chi connectivity index (χ3n) is 5.62. The van der Waals surface area contributed by atoms with Crippen LogP contribution in [0.25, 0.3) is 16.5 Å². The Balaban J connectivity index is 1.44. The zero-order chi connectivity index (χ0) is 25.9. The van der Waals surface area contributed by atoms with Crippen molar-refractivity contribution in [2.75, 3.05) is 37.8 Å². The minimum Gasteiger partial charge on any atom is -0.384 e. The van der Waals surface area contributed by atoms with Crippen LogP contribution in [0.1, 0.15) is 13.3 Å². The summed E-state index contributed by atoms with van der Waals surface area (Å²) in [6, 6.07) is 13.3. The first kappa shape index (κ1) is 25.8. The predicted molar refractivity (Wildman–Crippen MR) is 147 cm³/mol. The lowest BCUT2D eigenvalue weighted by Crippen LogP contribution is -2.34. The zero-order valence-electron chi connectivity index (χ0n) is 20.3. The molecule has 0 aliphatic carbocycles. The van der Waals surface area contributed by atoms with Gasteiger partial charge in [0.05, 0.1) is 0 Å². The van der Waals surface area contributed by atoms with Crippen molar-refractivity contribution in [3.05, 3.63) is 75.4 Å². The second-order valence-electron chi connectivity index (χ2n) is 8.82. The average Bonchev–Trinajstić information content (AvgIpc) is 3.27. The summed E-state index contributed by atoms with van der Waals surface area (Å²) in [5, 5.41) is 7.48. The summed E-state index contributed by atoms with van der Waals surface area (Å²) in [6.45, 7) is 3.63. The van der Waals surface area contributed by atoms with E-state index in [1.807, 2.05) is 50.0 Å². The summed E-state index contributed by atoms with van der Waals surface area (Å²) in [5.41, 5.74) is 1.81. The molecule has 11 heteroatoms. The van der Waals surface area contributed by atoms with Crippen molar-refractivity contribution in [3.8, 4) is 5.69 Å². The number of nitrogens with zero attached hydrogens (tertiary/aromatic N) is 2. The van der Waals surface area contributed by atoms with Gasteiger partial charge in [0.15, 0.2) is 0 Å². The van der Waals surface area contributed by atoms with Crippen molar-refractivity contribution in [2.45, 2.75) is 18.6 Å². The van der Waals surface area contributed by atoms with Crippen LogP contribution in [0, 0.1) is 0 Å². The first-order valence-corrected chi connectivity index (χ1v) is 13.8. The fourth-order valence-corrected chi connectivity index (χ4v) is 6.37. The van der Waals surface area contributed by atoms with Gasteiger partial charge in [0.1, 0.15) is 4.24 Å². The smallest absolute Gasteiger partial charge is 0.333 e. The minimum atomic E-state index is -3.89. The van der Waals surface area contributed by atoms with Crippen LogP contribution in [0.4, 0.5) is 16.2 Å². The Hall–Kier alpha value is -3.28. The van der Waals surface area contributed by atoms with Crippen LogP contribution in [-0.4, -0.2) is 56.4 Å². The number of thioether (sulfide) groups is 1. The van der Waals surface area contributed by atoms with Crippen LogP contribution in [0.5, 0.6) is 0 Å². The van der Waals surface area contributed by atoms with Crippen LogP contribution in [-0.2, 0) is 10.0 Å². The average molecular weight is 528 g/mol. The Morgan fingerprint density at radius 1 is 1.11 bits per heavy atom. The van der Waals surface area contributed by atoms with E-state index in [9.17, 15) is 18.0 Å². The summed E-state index contributed by atoms with van der Waals surface area (Å²) in [5.74, 6) is 0. The number of aromatic nitrogens is 1. The lowest BCUT2D eigenvalue weighted by atomic mass is 10.1. The zero-order valence-corrected chi connectivity index (χ0v) is 21.9. The van der Waals surface area contributed by atoms with Gasteiger partial charge in [0, 0.05) is 47.0 Å². The summed E-state index contributed by atoms with van der Waals surface area (Å²) >= 11 is 1.22. The molecule has 1 aliphatic rings. The number of rotatable bonds is 8. The second kappa shape index (κ2) is 10.8. The molecule has 0 fully saturated rings. The third kappa shape index (κ3) is 6.10. The fraction of sp³-hybridized carbons (Fsp3) is 0.280. The Morgan fingerprint density at radius 2 is 1.83 bits per heavy atom. The molecule has 3 aromatic rings. The van der Waals surface area contributed by atoms with Gasteiger partial charge in [-0.2, -0.15) is 0 Å². The van der Waals surface area contributed by atoms with Crippen molar-refractivity contribution in [1.29, 1.82) is 0 Å². The number of likely N-dealkylation sites (N-methyl/N-ethyl adjacent to an activating group) is 1. The second-order valence-corrected chi connectivity index (χ2v) is 12.2. The maximum atomic E-state index is 13.1. The maximum Gasteiger partial charge on any atom is 0.333 e. The number of benzene rings is 2. The normalized spacial score (nSPS) is 15.7. The van der Waals surface area contributed by atoms with Gasteiger partial charge in [-0.05, 0) is 74.4 Å². The van der Waals surface area contributed by atoms with E-state index in [-0.39, 0.29) is 15.0 Å². The molecule has 1 atom stereocenters. The van der Waals surface area contributed by atoms with E-state index in [1.54, 1.807) is 36.5 Å². The largest absolute Gasteiger partial charge is 0.384 e. The fourth-order valence-electron chi connectivity index (χ4n) is 3.75. The van der Waals surface area contributed by atoms with Crippen LogP contribution in [0.2, 0.25) is 0 Å². The van der Waals surface area contributed by atoms with Crippen molar-refractivity contribution >= 4 is 50.0 Å². The molecule has 0 spiro atoms. The van der Waals surface area contributed by atoms with E-state index in [0.717, 1.165) is 24.2 Å². The van der Waals surface area contributed by atoms with Crippen molar-refractivity contribution in [2.24, 2.45) is 0 Å². The molecule has 4 rings (SSSR count). The Kier molecular flexibility index (Phi) is 7.72. The highest BCUT2D eigenvalue weighted by molar-refractivity contribution is 8.18. The molecule has 9 nitrogen and oxygen atoms in total. The molecule has 36 heavy (non-hydrogen) atoms. The highest BCUT2D eigenvalue weighted by Gasteiger charge is 2.26. The Labute approximate surface area is 214 Å². The number of hydrogen-bond donors (Lipinski definition) is 3. The van der Waals surface area contributed by atoms with Gasteiger partial charge in [-0.15, -0.1) is 11.8 Å².